The summed E-state index contributed by atoms with van der Waals surface area (Å²) in [5.41, 5.74) is 4.37. The molecule has 2 aliphatic carbocycles. The number of esters is 1. The third-order valence-electron chi connectivity index (χ3n) is 7.21. The van der Waals surface area contributed by atoms with Gasteiger partial charge in [0.2, 0.25) is 11.8 Å². The minimum Gasteiger partial charge on any atom is -0.452 e. The third-order valence-corrected chi connectivity index (χ3v) is 7.21. The van der Waals surface area contributed by atoms with Crippen molar-refractivity contribution in [1.29, 1.82) is 0 Å². The fourth-order valence-corrected chi connectivity index (χ4v) is 5.66. The Morgan fingerprint density at radius 3 is 2.56 bits per heavy atom. The second-order valence-corrected chi connectivity index (χ2v) is 9.47. The van der Waals surface area contributed by atoms with E-state index in [1.165, 1.54) is 22.6 Å². The molecule has 174 valence electrons. The highest BCUT2D eigenvalue weighted by molar-refractivity contribution is 6.23. The molecule has 2 aromatic carbocycles. The van der Waals surface area contributed by atoms with Crippen molar-refractivity contribution in [3.63, 3.8) is 0 Å². The van der Waals surface area contributed by atoms with E-state index in [0.29, 0.717) is 11.4 Å². The zero-order chi connectivity index (χ0) is 24.1. The Labute approximate surface area is 197 Å². The molecule has 4 atom stereocenters. The van der Waals surface area contributed by atoms with Gasteiger partial charge in [-0.15, -0.1) is 0 Å². The van der Waals surface area contributed by atoms with Gasteiger partial charge in [-0.25, -0.2) is 9.69 Å². The number of ether oxygens (including phenoxy) is 1. The van der Waals surface area contributed by atoms with Gasteiger partial charge in [-0.2, -0.15) is 0 Å². The maximum absolute atomic E-state index is 13.2. The topological polar surface area (TPSA) is 92.8 Å². The largest absolute Gasteiger partial charge is 0.452 e. The first kappa shape index (κ1) is 22.1. The van der Waals surface area contributed by atoms with Crippen LogP contribution in [0.15, 0.2) is 54.1 Å². The SMILES string of the molecule is CC1=C[C@H]2C[C@H]1[C@H]1C(=O)N(c3cccc(C(=O)OCC(=O)Nc4ccc(C)cc4C)c3)C(=O)[C@@H]12. The van der Waals surface area contributed by atoms with Crippen LogP contribution in [0, 0.1) is 37.5 Å². The number of carbonyl (C=O) groups is 4. The van der Waals surface area contributed by atoms with Gasteiger partial charge in [0.05, 0.1) is 23.1 Å². The highest BCUT2D eigenvalue weighted by Crippen LogP contribution is 2.55. The van der Waals surface area contributed by atoms with Crippen molar-refractivity contribution in [2.75, 3.05) is 16.8 Å². The van der Waals surface area contributed by atoms with Gasteiger partial charge < -0.3 is 10.1 Å². The van der Waals surface area contributed by atoms with E-state index in [1.807, 2.05) is 32.9 Å². The van der Waals surface area contributed by atoms with Gasteiger partial charge in [-0.3, -0.25) is 14.4 Å². The van der Waals surface area contributed by atoms with E-state index in [9.17, 15) is 19.2 Å². The minimum atomic E-state index is -0.700. The lowest BCUT2D eigenvalue weighted by Crippen LogP contribution is -2.33. The lowest BCUT2D eigenvalue weighted by Gasteiger charge is -2.19. The van der Waals surface area contributed by atoms with Crippen molar-refractivity contribution < 1.29 is 23.9 Å². The summed E-state index contributed by atoms with van der Waals surface area (Å²) < 4.78 is 5.18. The molecule has 2 fully saturated rings. The van der Waals surface area contributed by atoms with Gasteiger partial charge in [0.15, 0.2) is 6.61 Å². The molecule has 0 aromatic heterocycles. The number of rotatable bonds is 5. The number of allylic oxidation sites excluding steroid dienone is 2. The van der Waals surface area contributed by atoms with Crippen LogP contribution in [0.25, 0.3) is 0 Å². The first-order valence-corrected chi connectivity index (χ1v) is 11.4. The molecule has 5 rings (SSSR count). The van der Waals surface area contributed by atoms with Gasteiger partial charge in [-0.05, 0) is 68.9 Å². The Kier molecular flexibility index (Phi) is 5.35. The van der Waals surface area contributed by atoms with E-state index >= 15 is 0 Å². The van der Waals surface area contributed by atoms with Crippen LogP contribution in [-0.4, -0.2) is 30.3 Å². The van der Waals surface area contributed by atoms with Gasteiger partial charge in [0.25, 0.3) is 5.91 Å². The number of nitrogens with zero attached hydrogens (tertiary/aromatic N) is 1. The van der Waals surface area contributed by atoms with Gasteiger partial charge >= 0.3 is 5.97 Å². The molecular weight excluding hydrogens is 432 g/mol. The molecule has 1 saturated carbocycles. The number of aryl methyl sites for hydroxylation is 2. The van der Waals surface area contributed by atoms with Crippen LogP contribution in [0.3, 0.4) is 0 Å². The van der Waals surface area contributed by atoms with Crippen molar-refractivity contribution in [2.45, 2.75) is 27.2 Å². The summed E-state index contributed by atoms with van der Waals surface area (Å²) in [6, 6.07) is 11.9. The lowest BCUT2D eigenvalue weighted by atomic mass is 9.82. The molecule has 2 aromatic rings. The van der Waals surface area contributed by atoms with E-state index in [1.54, 1.807) is 18.2 Å². The van der Waals surface area contributed by atoms with Gasteiger partial charge in [0, 0.05) is 5.69 Å². The Hall–Kier alpha value is -3.74. The standard InChI is InChI=1S/C27H26N2O5/c1-14-7-8-21(16(3)9-14)28-22(30)13-34-27(33)17-5-4-6-19(11-17)29-25(31)23-18-10-15(2)20(12-18)24(23)26(29)32/h4-11,18,20,23-24H,12-13H2,1-3H3,(H,28,30)/t18-,20+,23+,24+/m0/s1. The number of fused-ring (bicyclic) bond motifs is 5. The smallest absolute Gasteiger partial charge is 0.338 e. The van der Waals surface area contributed by atoms with Crippen LogP contribution < -0.4 is 10.2 Å². The van der Waals surface area contributed by atoms with Gasteiger partial charge in [0.1, 0.15) is 0 Å². The van der Waals surface area contributed by atoms with Crippen LogP contribution in [0.2, 0.25) is 0 Å². The molecule has 7 heteroatoms. The molecule has 3 amide bonds. The molecule has 0 spiro atoms. The summed E-state index contributed by atoms with van der Waals surface area (Å²) in [4.78, 5) is 52.4. The average molecular weight is 459 g/mol. The maximum Gasteiger partial charge on any atom is 0.338 e. The fraction of sp³-hybridized carbons (Fsp3) is 0.333. The Balaban J connectivity index is 1.25. The van der Waals surface area contributed by atoms with Crippen LogP contribution in [0.5, 0.6) is 0 Å². The highest BCUT2D eigenvalue weighted by Gasteiger charge is 2.60. The zero-order valence-electron chi connectivity index (χ0n) is 19.3. The molecule has 1 saturated heterocycles. The lowest BCUT2D eigenvalue weighted by molar-refractivity contribution is -0.123. The van der Waals surface area contributed by atoms with Crippen molar-refractivity contribution in [1.82, 2.24) is 0 Å². The van der Waals surface area contributed by atoms with Crippen LogP contribution >= 0.6 is 0 Å². The molecule has 1 heterocycles. The molecule has 2 bridgehead atoms. The monoisotopic (exact) mass is 458 g/mol. The summed E-state index contributed by atoms with van der Waals surface area (Å²) in [7, 11) is 0. The molecular formula is C27H26N2O5. The summed E-state index contributed by atoms with van der Waals surface area (Å²) in [5.74, 6) is -1.95. The second kappa shape index (κ2) is 8.24. The third kappa shape index (κ3) is 3.61. The predicted octanol–water partition coefficient (Wildman–Crippen LogP) is 3.80. The highest BCUT2D eigenvalue weighted by atomic mass is 16.5. The molecule has 0 radical (unpaired) electrons. The van der Waals surface area contributed by atoms with Crippen molar-refractivity contribution >= 4 is 35.1 Å². The molecule has 3 aliphatic rings. The van der Waals surface area contributed by atoms with E-state index in [-0.39, 0.29) is 41.0 Å². The summed E-state index contributed by atoms with van der Waals surface area (Å²) in [6.45, 7) is 5.43. The fourth-order valence-electron chi connectivity index (χ4n) is 5.66. The van der Waals surface area contributed by atoms with E-state index < -0.39 is 18.5 Å². The second-order valence-electron chi connectivity index (χ2n) is 9.47. The van der Waals surface area contributed by atoms with Gasteiger partial charge in [-0.1, -0.05) is 35.4 Å². The normalized spacial score (nSPS) is 24.8. The number of anilines is 2. The first-order chi connectivity index (χ1) is 16.2. The molecule has 0 unspecified atom stereocenters. The maximum atomic E-state index is 13.2. The Morgan fingerprint density at radius 2 is 1.79 bits per heavy atom. The Morgan fingerprint density at radius 1 is 1.03 bits per heavy atom. The van der Waals surface area contributed by atoms with Crippen LogP contribution in [0.1, 0.15) is 34.8 Å². The number of benzene rings is 2. The molecule has 7 nitrogen and oxygen atoms in total. The summed E-state index contributed by atoms with van der Waals surface area (Å²) in [6.07, 6.45) is 2.99. The van der Waals surface area contributed by atoms with Crippen molar-refractivity contribution in [3.05, 3.63) is 70.8 Å². The summed E-state index contributed by atoms with van der Waals surface area (Å²) >= 11 is 0. The summed E-state index contributed by atoms with van der Waals surface area (Å²) in [5, 5.41) is 2.73. The number of hydrogen-bond donors (Lipinski definition) is 1. The number of amides is 3. The zero-order valence-corrected chi connectivity index (χ0v) is 19.3. The molecule has 1 aliphatic heterocycles. The molecule has 1 N–H and O–H groups in total. The van der Waals surface area contributed by atoms with Crippen LogP contribution in [0.4, 0.5) is 11.4 Å². The van der Waals surface area contributed by atoms with E-state index in [0.717, 1.165) is 17.5 Å². The number of hydrogen-bond acceptors (Lipinski definition) is 5. The van der Waals surface area contributed by atoms with Crippen molar-refractivity contribution in [2.24, 2.45) is 23.7 Å². The Bertz CT molecular complexity index is 1260. The predicted molar refractivity (Wildman–Crippen MR) is 126 cm³/mol. The van der Waals surface area contributed by atoms with E-state index in [2.05, 4.69) is 11.4 Å². The molecule has 34 heavy (non-hydrogen) atoms. The quantitative estimate of drug-likeness (QED) is 0.418. The number of carbonyl (C=O) groups excluding carboxylic acids is 4. The average Bonchev–Trinajstić information content (AvgIpc) is 3.44. The first-order valence-electron chi connectivity index (χ1n) is 11.4. The number of nitrogens with one attached hydrogen (secondary N) is 1. The van der Waals surface area contributed by atoms with Crippen molar-refractivity contribution in [3.8, 4) is 0 Å². The van der Waals surface area contributed by atoms with E-state index in [4.69, 9.17) is 4.74 Å². The van der Waals surface area contributed by atoms with Crippen LogP contribution in [-0.2, 0) is 19.1 Å². The number of imide groups is 1. The minimum absolute atomic E-state index is 0.111.